The van der Waals surface area contributed by atoms with Gasteiger partial charge in [-0.25, -0.2) is 0 Å². The van der Waals surface area contributed by atoms with E-state index in [9.17, 15) is 0 Å². The summed E-state index contributed by atoms with van der Waals surface area (Å²) in [5.41, 5.74) is 2.13. The number of anilines is 2. The SMILES string of the molecule is CCOc1cccc(Nc2cc(OC)ccc2C#N)c1. The first-order valence-electron chi connectivity index (χ1n) is 6.35. The summed E-state index contributed by atoms with van der Waals surface area (Å²) in [6, 6.07) is 15.1. The molecule has 4 heteroatoms. The van der Waals surface area contributed by atoms with E-state index in [0.717, 1.165) is 11.4 Å². The minimum Gasteiger partial charge on any atom is -0.497 e. The average molecular weight is 268 g/mol. The van der Waals surface area contributed by atoms with Gasteiger partial charge < -0.3 is 14.8 Å². The minimum atomic E-state index is 0.563. The Hall–Kier alpha value is -2.67. The Labute approximate surface area is 118 Å². The van der Waals surface area contributed by atoms with Crippen LogP contribution >= 0.6 is 0 Å². The van der Waals surface area contributed by atoms with E-state index in [4.69, 9.17) is 14.7 Å². The van der Waals surface area contributed by atoms with Gasteiger partial charge in [-0.1, -0.05) is 6.07 Å². The highest BCUT2D eigenvalue weighted by atomic mass is 16.5. The lowest BCUT2D eigenvalue weighted by Crippen LogP contribution is -1.96. The number of hydrogen-bond acceptors (Lipinski definition) is 4. The zero-order valence-corrected chi connectivity index (χ0v) is 11.5. The Morgan fingerprint density at radius 2 is 2.00 bits per heavy atom. The molecule has 0 saturated heterocycles. The van der Waals surface area contributed by atoms with Crippen LogP contribution in [0.25, 0.3) is 0 Å². The maximum Gasteiger partial charge on any atom is 0.121 e. The smallest absolute Gasteiger partial charge is 0.121 e. The van der Waals surface area contributed by atoms with Crippen molar-refractivity contribution in [2.75, 3.05) is 19.0 Å². The molecule has 102 valence electrons. The van der Waals surface area contributed by atoms with E-state index in [0.29, 0.717) is 23.6 Å². The molecule has 2 rings (SSSR count). The number of nitrogens with one attached hydrogen (secondary N) is 1. The van der Waals surface area contributed by atoms with Crippen LogP contribution in [0.15, 0.2) is 42.5 Å². The van der Waals surface area contributed by atoms with E-state index < -0.39 is 0 Å². The Morgan fingerprint density at radius 3 is 2.70 bits per heavy atom. The van der Waals surface area contributed by atoms with Crippen molar-refractivity contribution in [2.24, 2.45) is 0 Å². The highest BCUT2D eigenvalue weighted by Gasteiger charge is 2.05. The molecule has 0 atom stereocenters. The standard InChI is InChI=1S/C16H16N2O2/c1-3-20-15-6-4-5-13(9-15)18-16-10-14(19-2)8-7-12(16)11-17/h4-10,18H,3H2,1-2H3. The lowest BCUT2D eigenvalue weighted by molar-refractivity contribution is 0.340. The molecule has 4 nitrogen and oxygen atoms in total. The van der Waals surface area contributed by atoms with Crippen molar-refractivity contribution < 1.29 is 9.47 Å². The summed E-state index contributed by atoms with van der Waals surface area (Å²) in [5.74, 6) is 1.49. The van der Waals surface area contributed by atoms with Crippen LogP contribution in [-0.2, 0) is 0 Å². The lowest BCUT2D eigenvalue weighted by atomic mass is 10.1. The van der Waals surface area contributed by atoms with Crippen LogP contribution in [0.1, 0.15) is 12.5 Å². The van der Waals surface area contributed by atoms with Crippen molar-refractivity contribution >= 4 is 11.4 Å². The van der Waals surface area contributed by atoms with Gasteiger partial charge in [0, 0.05) is 17.8 Å². The number of nitriles is 1. The second-order valence-electron chi connectivity index (χ2n) is 4.11. The van der Waals surface area contributed by atoms with Gasteiger partial charge in [-0.3, -0.25) is 0 Å². The summed E-state index contributed by atoms with van der Waals surface area (Å²) >= 11 is 0. The second kappa shape index (κ2) is 6.48. The summed E-state index contributed by atoms with van der Waals surface area (Å²) in [4.78, 5) is 0. The molecule has 0 fully saturated rings. The highest BCUT2D eigenvalue weighted by Crippen LogP contribution is 2.27. The van der Waals surface area contributed by atoms with Crippen molar-refractivity contribution in [3.05, 3.63) is 48.0 Å². The maximum absolute atomic E-state index is 9.14. The number of nitrogens with zero attached hydrogens (tertiary/aromatic N) is 1. The largest absolute Gasteiger partial charge is 0.497 e. The normalized spacial score (nSPS) is 9.65. The van der Waals surface area contributed by atoms with Gasteiger partial charge in [0.1, 0.15) is 17.6 Å². The van der Waals surface area contributed by atoms with Crippen molar-refractivity contribution in [3.8, 4) is 17.6 Å². The van der Waals surface area contributed by atoms with E-state index >= 15 is 0 Å². The lowest BCUT2D eigenvalue weighted by Gasteiger charge is -2.11. The maximum atomic E-state index is 9.14. The van der Waals surface area contributed by atoms with Crippen LogP contribution in [0.4, 0.5) is 11.4 Å². The van der Waals surface area contributed by atoms with E-state index in [1.807, 2.05) is 31.2 Å². The number of hydrogen-bond donors (Lipinski definition) is 1. The van der Waals surface area contributed by atoms with Gasteiger partial charge in [-0.15, -0.1) is 0 Å². The van der Waals surface area contributed by atoms with Gasteiger partial charge in [0.15, 0.2) is 0 Å². The third kappa shape index (κ3) is 3.21. The average Bonchev–Trinajstić information content (AvgIpc) is 2.48. The third-order valence-corrected chi connectivity index (χ3v) is 2.77. The van der Waals surface area contributed by atoms with Crippen molar-refractivity contribution in [3.63, 3.8) is 0 Å². The summed E-state index contributed by atoms with van der Waals surface area (Å²) < 4.78 is 10.6. The zero-order valence-electron chi connectivity index (χ0n) is 11.5. The first-order valence-corrected chi connectivity index (χ1v) is 6.35. The van der Waals surface area contributed by atoms with Crippen LogP contribution < -0.4 is 14.8 Å². The van der Waals surface area contributed by atoms with Gasteiger partial charge in [0.25, 0.3) is 0 Å². The molecule has 1 N–H and O–H groups in total. The van der Waals surface area contributed by atoms with Crippen molar-refractivity contribution in [1.82, 2.24) is 0 Å². The summed E-state index contributed by atoms with van der Waals surface area (Å²) in [5, 5.41) is 12.4. The Kier molecular flexibility index (Phi) is 4.46. The minimum absolute atomic E-state index is 0.563. The molecule has 0 aromatic heterocycles. The topological polar surface area (TPSA) is 54.3 Å². The van der Waals surface area contributed by atoms with Crippen LogP contribution in [0.2, 0.25) is 0 Å². The van der Waals surface area contributed by atoms with Gasteiger partial charge >= 0.3 is 0 Å². The molecule has 0 spiro atoms. The van der Waals surface area contributed by atoms with Crippen LogP contribution in [0, 0.1) is 11.3 Å². The molecule has 0 aliphatic heterocycles. The molecule has 0 radical (unpaired) electrons. The zero-order chi connectivity index (χ0) is 14.4. The monoisotopic (exact) mass is 268 g/mol. The molecule has 2 aromatic rings. The highest BCUT2D eigenvalue weighted by molar-refractivity contribution is 5.68. The van der Waals surface area contributed by atoms with Crippen LogP contribution in [0.3, 0.4) is 0 Å². The van der Waals surface area contributed by atoms with Gasteiger partial charge in [-0.05, 0) is 31.2 Å². The van der Waals surface area contributed by atoms with Crippen LogP contribution in [-0.4, -0.2) is 13.7 Å². The predicted molar refractivity (Wildman–Crippen MR) is 78.6 cm³/mol. The molecule has 0 aliphatic rings. The number of benzene rings is 2. The Bertz CT molecular complexity index is 633. The second-order valence-corrected chi connectivity index (χ2v) is 4.11. The summed E-state index contributed by atoms with van der Waals surface area (Å²) in [7, 11) is 1.60. The number of methoxy groups -OCH3 is 1. The number of ether oxygens (including phenoxy) is 2. The van der Waals surface area contributed by atoms with E-state index in [1.165, 1.54) is 0 Å². The van der Waals surface area contributed by atoms with Crippen molar-refractivity contribution in [2.45, 2.75) is 6.92 Å². The molecule has 20 heavy (non-hydrogen) atoms. The fraction of sp³-hybridized carbons (Fsp3) is 0.188. The molecule has 0 bridgehead atoms. The molecule has 0 amide bonds. The van der Waals surface area contributed by atoms with E-state index in [-0.39, 0.29) is 0 Å². The van der Waals surface area contributed by atoms with E-state index in [1.54, 1.807) is 25.3 Å². The first kappa shape index (κ1) is 13.8. The third-order valence-electron chi connectivity index (χ3n) is 2.77. The molecule has 0 aliphatic carbocycles. The molecule has 2 aromatic carbocycles. The molecule has 0 unspecified atom stereocenters. The first-order chi connectivity index (χ1) is 9.76. The van der Waals surface area contributed by atoms with Crippen LogP contribution in [0.5, 0.6) is 11.5 Å². The Balaban J connectivity index is 2.29. The predicted octanol–water partition coefficient (Wildman–Crippen LogP) is 3.71. The Morgan fingerprint density at radius 1 is 1.15 bits per heavy atom. The molecular weight excluding hydrogens is 252 g/mol. The number of rotatable bonds is 5. The van der Waals surface area contributed by atoms with Crippen molar-refractivity contribution in [1.29, 1.82) is 5.26 Å². The molecular formula is C16H16N2O2. The quantitative estimate of drug-likeness (QED) is 0.898. The summed E-state index contributed by atoms with van der Waals surface area (Å²) in [6.07, 6.45) is 0. The fourth-order valence-corrected chi connectivity index (χ4v) is 1.84. The van der Waals surface area contributed by atoms with Gasteiger partial charge in [0.05, 0.1) is 25.0 Å². The summed E-state index contributed by atoms with van der Waals surface area (Å²) in [6.45, 7) is 2.56. The molecule has 0 heterocycles. The van der Waals surface area contributed by atoms with Gasteiger partial charge in [-0.2, -0.15) is 5.26 Å². The van der Waals surface area contributed by atoms with Gasteiger partial charge in [0.2, 0.25) is 0 Å². The molecule has 0 saturated carbocycles. The van der Waals surface area contributed by atoms with E-state index in [2.05, 4.69) is 11.4 Å². The fourth-order valence-electron chi connectivity index (χ4n) is 1.84.